The number of nitro benzene ring substituents is 1. The molecule has 0 fully saturated rings. The average molecular weight is 386 g/mol. The molecule has 3 aromatic rings. The molecule has 2 aromatic heterocycles. The fourth-order valence-electron chi connectivity index (χ4n) is 2.34. The van der Waals surface area contributed by atoms with E-state index in [2.05, 4.69) is 25.6 Å². The fourth-order valence-corrected chi connectivity index (χ4v) is 3.30. The molecule has 0 amide bonds. The van der Waals surface area contributed by atoms with Crippen LogP contribution in [-0.4, -0.2) is 40.1 Å². The molecule has 3 rings (SSSR count). The smallest absolute Gasteiger partial charge is 0.271 e. The number of aryl methyl sites for hydroxylation is 1. The Labute approximate surface area is 159 Å². The van der Waals surface area contributed by atoms with E-state index >= 15 is 0 Å². The molecule has 0 radical (unpaired) electrons. The van der Waals surface area contributed by atoms with E-state index in [9.17, 15) is 10.1 Å². The predicted molar refractivity (Wildman–Crippen MR) is 105 cm³/mol. The number of nitro groups is 1. The molecule has 10 heteroatoms. The summed E-state index contributed by atoms with van der Waals surface area (Å²) in [6, 6.07) is 8.00. The Hall–Kier alpha value is -3.11. The molecule has 2 N–H and O–H groups in total. The highest BCUT2D eigenvalue weighted by Crippen LogP contribution is 2.32. The number of methoxy groups -OCH3 is 1. The van der Waals surface area contributed by atoms with Crippen LogP contribution in [0.5, 0.6) is 0 Å². The topological polar surface area (TPSA) is 115 Å². The normalized spacial score (nSPS) is 10.6. The third-order valence-corrected chi connectivity index (χ3v) is 4.72. The molecule has 0 aliphatic heterocycles. The van der Waals surface area contributed by atoms with Crippen LogP contribution in [0.25, 0.3) is 10.6 Å². The van der Waals surface area contributed by atoms with Gasteiger partial charge in [-0.25, -0.2) is 15.0 Å². The Morgan fingerprint density at radius 2 is 2.15 bits per heavy atom. The van der Waals surface area contributed by atoms with E-state index in [0.29, 0.717) is 24.8 Å². The van der Waals surface area contributed by atoms with E-state index in [4.69, 9.17) is 4.74 Å². The van der Waals surface area contributed by atoms with Gasteiger partial charge in [0, 0.05) is 37.7 Å². The van der Waals surface area contributed by atoms with E-state index in [1.54, 1.807) is 31.5 Å². The van der Waals surface area contributed by atoms with Gasteiger partial charge in [-0.3, -0.25) is 10.1 Å². The van der Waals surface area contributed by atoms with Gasteiger partial charge < -0.3 is 15.4 Å². The molecule has 0 saturated carbocycles. The Bertz CT molecular complexity index is 946. The van der Waals surface area contributed by atoms with E-state index in [1.807, 2.05) is 6.92 Å². The van der Waals surface area contributed by atoms with Crippen molar-refractivity contribution in [3.05, 3.63) is 52.3 Å². The van der Waals surface area contributed by atoms with Gasteiger partial charge in [-0.15, -0.1) is 0 Å². The van der Waals surface area contributed by atoms with Gasteiger partial charge >= 0.3 is 0 Å². The fraction of sp³-hybridized carbons (Fsp3) is 0.235. The minimum atomic E-state index is -0.443. The minimum absolute atomic E-state index is 0.00114. The number of non-ortho nitro benzene ring substituents is 1. The van der Waals surface area contributed by atoms with Crippen molar-refractivity contribution in [2.24, 2.45) is 0 Å². The van der Waals surface area contributed by atoms with Crippen LogP contribution < -0.4 is 10.6 Å². The number of ether oxygens (including phenoxy) is 1. The van der Waals surface area contributed by atoms with Crippen LogP contribution in [0.4, 0.5) is 22.5 Å². The lowest BCUT2D eigenvalue weighted by Gasteiger charge is -2.06. The maximum atomic E-state index is 10.9. The SMILES string of the molecule is COCCNc1nc(C)c(-c2ccnc(Nc3cccc([N+](=O)[O-])c3)n2)s1. The average Bonchev–Trinajstić information content (AvgIpc) is 3.03. The van der Waals surface area contributed by atoms with Crippen molar-refractivity contribution < 1.29 is 9.66 Å². The zero-order chi connectivity index (χ0) is 19.2. The number of thiazole rings is 1. The monoisotopic (exact) mass is 386 g/mol. The number of aromatic nitrogens is 3. The van der Waals surface area contributed by atoms with Gasteiger partial charge in [0.05, 0.1) is 27.8 Å². The molecule has 0 atom stereocenters. The van der Waals surface area contributed by atoms with Crippen LogP contribution in [0.15, 0.2) is 36.5 Å². The lowest BCUT2D eigenvalue weighted by atomic mass is 10.3. The number of rotatable bonds is 8. The molecule has 0 unspecified atom stereocenters. The molecular weight excluding hydrogens is 368 g/mol. The molecule has 0 saturated heterocycles. The Morgan fingerprint density at radius 3 is 2.93 bits per heavy atom. The van der Waals surface area contributed by atoms with Gasteiger partial charge in [0.2, 0.25) is 5.95 Å². The van der Waals surface area contributed by atoms with E-state index in [0.717, 1.165) is 21.4 Å². The molecule has 27 heavy (non-hydrogen) atoms. The molecule has 0 spiro atoms. The first-order chi connectivity index (χ1) is 13.1. The Balaban J connectivity index is 1.80. The van der Waals surface area contributed by atoms with Crippen LogP contribution in [0.2, 0.25) is 0 Å². The molecule has 0 bridgehead atoms. The summed E-state index contributed by atoms with van der Waals surface area (Å²) < 4.78 is 5.02. The van der Waals surface area contributed by atoms with Crippen molar-refractivity contribution in [3.63, 3.8) is 0 Å². The van der Waals surface area contributed by atoms with Crippen LogP contribution in [0.1, 0.15) is 5.69 Å². The molecule has 2 heterocycles. The number of benzene rings is 1. The largest absolute Gasteiger partial charge is 0.383 e. The van der Waals surface area contributed by atoms with Gasteiger partial charge in [0.15, 0.2) is 5.13 Å². The summed E-state index contributed by atoms with van der Waals surface area (Å²) in [5, 5.41) is 17.9. The van der Waals surface area contributed by atoms with Crippen molar-refractivity contribution in [2.75, 3.05) is 30.9 Å². The lowest BCUT2D eigenvalue weighted by molar-refractivity contribution is -0.384. The molecular formula is C17H18N6O3S. The first-order valence-electron chi connectivity index (χ1n) is 8.12. The van der Waals surface area contributed by atoms with Gasteiger partial charge in [-0.1, -0.05) is 17.4 Å². The van der Waals surface area contributed by atoms with Gasteiger partial charge in [-0.05, 0) is 19.1 Å². The quantitative estimate of drug-likeness (QED) is 0.343. The van der Waals surface area contributed by atoms with E-state index in [1.165, 1.54) is 23.5 Å². The number of nitrogens with one attached hydrogen (secondary N) is 2. The predicted octanol–water partition coefficient (Wildman–Crippen LogP) is 3.62. The number of nitrogens with zero attached hydrogens (tertiary/aromatic N) is 4. The number of anilines is 3. The van der Waals surface area contributed by atoms with Crippen molar-refractivity contribution in [1.82, 2.24) is 15.0 Å². The summed E-state index contributed by atoms with van der Waals surface area (Å²) in [7, 11) is 1.65. The van der Waals surface area contributed by atoms with Crippen LogP contribution in [0, 0.1) is 17.0 Å². The summed E-state index contributed by atoms with van der Waals surface area (Å²) in [5.74, 6) is 0.356. The number of hydrogen-bond donors (Lipinski definition) is 2. The summed E-state index contributed by atoms with van der Waals surface area (Å²) in [6.07, 6.45) is 1.64. The van der Waals surface area contributed by atoms with Crippen LogP contribution >= 0.6 is 11.3 Å². The highest BCUT2D eigenvalue weighted by molar-refractivity contribution is 7.19. The highest BCUT2D eigenvalue weighted by atomic mass is 32.1. The third kappa shape index (κ3) is 4.74. The zero-order valence-electron chi connectivity index (χ0n) is 14.8. The van der Waals surface area contributed by atoms with Crippen molar-refractivity contribution >= 4 is 33.8 Å². The highest BCUT2D eigenvalue weighted by Gasteiger charge is 2.12. The van der Waals surface area contributed by atoms with Gasteiger partial charge in [0.25, 0.3) is 5.69 Å². The second kappa shape index (κ2) is 8.52. The second-order valence-electron chi connectivity index (χ2n) is 5.55. The van der Waals surface area contributed by atoms with Crippen molar-refractivity contribution in [3.8, 4) is 10.6 Å². The molecule has 0 aliphatic carbocycles. The Kier molecular flexibility index (Phi) is 5.89. The first-order valence-corrected chi connectivity index (χ1v) is 8.93. The summed E-state index contributed by atoms with van der Waals surface area (Å²) in [5.41, 5.74) is 2.14. The van der Waals surface area contributed by atoms with Crippen molar-refractivity contribution in [1.29, 1.82) is 0 Å². The minimum Gasteiger partial charge on any atom is -0.383 e. The standard InChI is InChI=1S/C17H18N6O3S/c1-11-15(27-17(20-11)19-8-9-26-2)14-6-7-18-16(22-14)21-12-4-3-5-13(10-12)23(24)25/h3-7,10H,8-9H2,1-2H3,(H,19,20)(H,18,21,22). The zero-order valence-corrected chi connectivity index (χ0v) is 15.6. The Morgan fingerprint density at radius 1 is 1.30 bits per heavy atom. The first kappa shape index (κ1) is 18.7. The van der Waals surface area contributed by atoms with Crippen LogP contribution in [-0.2, 0) is 4.74 Å². The summed E-state index contributed by atoms with van der Waals surface area (Å²) in [6.45, 7) is 3.19. The molecule has 140 valence electrons. The van der Waals surface area contributed by atoms with Gasteiger partial charge in [-0.2, -0.15) is 0 Å². The summed E-state index contributed by atoms with van der Waals surface area (Å²) >= 11 is 1.50. The van der Waals surface area contributed by atoms with E-state index < -0.39 is 4.92 Å². The van der Waals surface area contributed by atoms with Crippen molar-refractivity contribution in [2.45, 2.75) is 6.92 Å². The molecule has 1 aromatic carbocycles. The maximum absolute atomic E-state index is 10.9. The third-order valence-electron chi connectivity index (χ3n) is 3.58. The lowest BCUT2D eigenvalue weighted by Crippen LogP contribution is -2.06. The molecule has 9 nitrogen and oxygen atoms in total. The maximum Gasteiger partial charge on any atom is 0.271 e. The van der Waals surface area contributed by atoms with Gasteiger partial charge in [0.1, 0.15) is 0 Å². The second-order valence-corrected chi connectivity index (χ2v) is 6.55. The molecule has 0 aliphatic rings. The van der Waals surface area contributed by atoms with Crippen LogP contribution in [0.3, 0.4) is 0 Å². The number of hydrogen-bond acceptors (Lipinski definition) is 9. The summed E-state index contributed by atoms with van der Waals surface area (Å²) in [4.78, 5) is 24.6. The van der Waals surface area contributed by atoms with E-state index in [-0.39, 0.29) is 5.69 Å².